The van der Waals surface area contributed by atoms with Crippen LogP contribution in [0.2, 0.25) is 5.02 Å². The molecule has 138 valence electrons. The van der Waals surface area contributed by atoms with Crippen LogP contribution in [0, 0.1) is 0 Å². The van der Waals surface area contributed by atoms with E-state index in [4.69, 9.17) is 11.6 Å². The van der Waals surface area contributed by atoms with Gasteiger partial charge in [0.15, 0.2) is 0 Å². The van der Waals surface area contributed by atoms with Gasteiger partial charge in [0.25, 0.3) is 0 Å². The van der Waals surface area contributed by atoms with Crippen molar-refractivity contribution < 1.29 is 9.59 Å². The molecular weight excluding hydrogens is 361 g/mol. The van der Waals surface area contributed by atoms with Gasteiger partial charge in [0.2, 0.25) is 11.8 Å². The fourth-order valence-electron chi connectivity index (χ4n) is 3.49. The van der Waals surface area contributed by atoms with E-state index in [0.717, 1.165) is 31.4 Å². The van der Waals surface area contributed by atoms with Gasteiger partial charge in [-0.25, -0.2) is 0 Å². The minimum Gasteiger partial charge on any atom is -0.333 e. The number of piperazine rings is 1. The Morgan fingerprint density at radius 2 is 2.00 bits per heavy atom. The average Bonchev–Trinajstić information content (AvgIpc) is 2.80. The van der Waals surface area contributed by atoms with Crippen LogP contribution in [-0.4, -0.2) is 54.3 Å². The monoisotopic (exact) mass is 385 g/mol. The summed E-state index contributed by atoms with van der Waals surface area (Å²) in [5, 5.41) is 4.01. The number of carbonyl (C=O) groups is 2. The number of carbonyl (C=O) groups excluding carboxylic acids is 2. The SMILES string of the molecule is Cl.O=C1CCCCCN1CC(=O)N1CCNCC1c1ccccc1Cl. The first-order chi connectivity index (χ1) is 11.7. The summed E-state index contributed by atoms with van der Waals surface area (Å²) in [6, 6.07) is 7.58. The normalized spacial score (nSPS) is 21.5. The number of halogens is 2. The lowest BCUT2D eigenvalue weighted by Gasteiger charge is -2.38. The predicted octanol–water partition coefficient (Wildman–Crippen LogP) is 2.64. The van der Waals surface area contributed by atoms with E-state index in [2.05, 4.69) is 5.32 Å². The van der Waals surface area contributed by atoms with Crippen molar-refractivity contribution in [1.29, 1.82) is 0 Å². The van der Waals surface area contributed by atoms with Gasteiger partial charge in [0.1, 0.15) is 0 Å². The number of amides is 2. The van der Waals surface area contributed by atoms with Crippen LogP contribution < -0.4 is 5.32 Å². The Bertz CT molecular complexity index is 612. The van der Waals surface area contributed by atoms with Crippen LogP contribution in [0.15, 0.2) is 24.3 Å². The molecule has 2 heterocycles. The molecule has 0 aromatic heterocycles. The standard InChI is InChI=1S/C18H24ClN3O2.ClH/c19-15-7-4-3-6-14(15)16-12-20-9-11-22(16)18(24)13-21-10-5-1-2-8-17(21)23;/h3-4,6-7,16,20H,1-2,5,8-13H2;1H. The van der Waals surface area contributed by atoms with Gasteiger partial charge in [-0.1, -0.05) is 36.2 Å². The summed E-state index contributed by atoms with van der Waals surface area (Å²) in [4.78, 5) is 28.6. The zero-order valence-corrected chi connectivity index (χ0v) is 15.8. The molecule has 2 aliphatic rings. The lowest BCUT2D eigenvalue weighted by molar-refractivity contribution is -0.142. The van der Waals surface area contributed by atoms with Crippen molar-refractivity contribution in [2.75, 3.05) is 32.7 Å². The first-order valence-electron chi connectivity index (χ1n) is 8.69. The van der Waals surface area contributed by atoms with Gasteiger partial charge in [-0.05, 0) is 24.5 Å². The number of hydrogen-bond donors (Lipinski definition) is 1. The minimum atomic E-state index is -0.0815. The Labute approximate surface area is 160 Å². The third-order valence-electron chi connectivity index (χ3n) is 4.83. The van der Waals surface area contributed by atoms with Crippen LogP contribution >= 0.6 is 24.0 Å². The van der Waals surface area contributed by atoms with Gasteiger partial charge in [-0.15, -0.1) is 12.4 Å². The summed E-state index contributed by atoms with van der Waals surface area (Å²) in [6.07, 6.45) is 3.53. The number of rotatable bonds is 3. The highest BCUT2D eigenvalue weighted by atomic mass is 35.5. The second kappa shape index (κ2) is 9.41. The van der Waals surface area contributed by atoms with E-state index in [0.29, 0.717) is 31.1 Å². The molecule has 1 aromatic carbocycles. The lowest BCUT2D eigenvalue weighted by atomic mass is 10.0. The third-order valence-corrected chi connectivity index (χ3v) is 5.17. The molecule has 3 rings (SSSR count). The second-order valence-corrected chi connectivity index (χ2v) is 6.86. The Morgan fingerprint density at radius 1 is 1.20 bits per heavy atom. The van der Waals surface area contributed by atoms with Crippen molar-refractivity contribution in [2.24, 2.45) is 0 Å². The summed E-state index contributed by atoms with van der Waals surface area (Å²) < 4.78 is 0. The van der Waals surface area contributed by atoms with Crippen molar-refractivity contribution >= 4 is 35.8 Å². The average molecular weight is 386 g/mol. The Hall–Kier alpha value is -1.30. The molecule has 2 fully saturated rings. The highest BCUT2D eigenvalue weighted by Gasteiger charge is 2.31. The van der Waals surface area contributed by atoms with E-state index < -0.39 is 0 Å². The Balaban J connectivity index is 0.00000225. The van der Waals surface area contributed by atoms with Gasteiger partial charge < -0.3 is 15.1 Å². The first kappa shape index (κ1) is 20.0. The Morgan fingerprint density at radius 3 is 2.80 bits per heavy atom. The molecule has 7 heteroatoms. The summed E-state index contributed by atoms with van der Waals surface area (Å²) in [6.45, 7) is 2.95. The molecule has 0 radical (unpaired) electrons. The van der Waals surface area contributed by atoms with E-state index >= 15 is 0 Å². The zero-order chi connectivity index (χ0) is 16.9. The van der Waals surface area contributed by atoms with Crippen LogP contribution in [-0.2, 0) is 9.59 Å². The molecule has 2 aliphatic heterocycles. The van der Waals surface area contributed by atoms with Crippen molar-refractivity contribution in [3.63, 3.8) is 0 Å². The molecule has 0 aliphatic carbocycles. The summed E-state index contributed by atoms with van der Waals surface area (Å²) in [5.74, 6) is 0.113. The molecule has 2 saturated heterocycles. The second-order valence-electron chi connectivity index (χ2n) is 6.45. The van der Waals surface area contributed by atoms with Gasteiger partial charge in [-0.2, -0.15) is 0 Å². The highest BCUT2D eigenvalue weighted by molar-refractivity contribution is 6.31. The van der Waals surface area contributed by atoms with E-state index in [1.54, 1.807) is 4.90 Å². The molecular formula is C18H25Cl2N3O2. The number of hydrogen-bond acceptors (Lipinski definition) is 3. The molecule has 1 aromatic rings. The van der Waals surface area contributed by atoms with Gasteiger partial charge in [0.05, 0.1) is 12.6 Å². The van der Waals surface area contributed by atoms with Crippen molar-refractivity contribution in [3.8, 4) is 0 Å². The molecule has 1 atom stereocenters. The lowest BCUT2D eigenvalue weighted by Crippen LogP contribution is -2.52. The van der Waals surface area contributed by atoms with Gasteiger partial charge >= 0.3 is 0 Å². The topological polar surface area (TPSA) is 52.7 Å². The zero-order valence-electron chi connectivity index (χ0n) is 14.2. The molecule has 1 unspecified atom stereocenters. The molecule has 5 nitrogen and oxygen atoms in total. The van der Waals surface area contributed by atoms with Gasteiger partial charge in [-0.3, -0.25) is 9.59 Å². The maximum Gasteiger partial charge on any atom is 0.242 e. The largest absolute Gasteiger partial charge is 0.333 e. The fourth-order valence-corrected chi connectivity index (χ4v) is 3.75. The van der Waals surface area contributed by atoms with Crippen LogP contribution in [0.3, 0.4) is 0 Å². The quantitative estimate of drug-likeness (QED) is 0.869. The number of likely N-dealkylation sites (tertiary alicyclic amines) is 1. The van der Waals surface area contributed by atoms with Gasteiger partial charge in [0, 0.05) is 37.6 Å². The van der Waals surface area contributed by atoms with Crippen molar-refractivity contribution in [3.05, 3.63) is 34.9 Å². The van der Waals surface area contributed by atoms with E-state index in [1.165, 1.54) is 0 Å². The molecule has 0 spiro atoms. The predicted molar refractivity (Wildman–Crippen MR) is 101 cm³/mol. The van der Waals surface area contributed by atoms with E-state index in [9.17, 15) is 9.59 Å². The van der Waals surface area contributed by atoms with Crippen molar-refractivity contribution in [2.45, 2.75) is 31.7 Å². The number of benzene rings is 1. The molecule has 2 amide bonds. The molecule has 0 bridgehead atoms. The molecule has 1 N–H and O–H groups in total. The molecule has 0 saturated carbocycles. The smallest absolute Gasteiger partial charge is 0.242 e. The van der Waals surface area contributed by atoms with E-state index in [1.807, 2.05) is 29.2 Å². The third kappa shape index (κ3) is 4.87. The highest BCUT2D eigenvalue weighted by Crippen LogP contribution is 2.28. The Kier molecular flexibility index (Phi) is 7.54. The summed E-state index contributed by atoms with van der Waals surface area (Å²) >= 11 is 6.33. The summed E-state index contributed by atoms with van der Waals surface area (Å²) in [5.41, 5.74) is 0.960. The number of nitrogens with zero attached hydrogens (tertiary/aromatic N) is 2. The number of nitrogens with one attached hydrogen (secondary N) is 1. The maximum atomic E-state index is 12.9. The van der Waals surface area contributed by atoms with Crippen LogP contribution in [0.1, 0.15) is 37.3 Å². The van der Waals surface area contributed by atoms with Crippen molar-refractivity contribution in [1.82, 2.24) is 15.1 Å². The fraction of sp³-hybridized carbons (Fsp3) is 0.556. The van der Waals surface area contributed by atoms with E-state index in [-0.39, 0.29) is 36.8 Å². The first-order valence-corrected chi connectivity index (χ1v) is 9.07. The molecule has 25 heavy (non-hydrogen) atoms. The van der Waals surface area contributed by atoms with Crippen LogP contribution in [0.25, 0.3) is 0 Å². The maximum absolute atomic E-state index is 12.9. The minimum absolute atomic E-state index is 0. The van der Waals surface area contributed by atoms with Crippen LogP contribution in [0.5, 0.6) is 0 Å². The summed E-state index contributed by atoms with van der Waals surface area (Å²) in [7, 11) is 0. The van der Waals surface area contributed by atoms with Crippen LogP contribution in [0.4, 0.5) is 0 Å².